The van der Waals surface area contributed by atoms with E-state index in [1.165, 1.54) is 24.3 Å². The van der Waals surface area contributed by atoms with Gasteiger partial charge in [0.1, 0.15) is 5.82 Å². The number of aromatic nitrogens is 1. The first-order valence-electron chi connectivity index (χ1n) is 7.52. The number of carbonyl (C=O) groups excluding carboxylic acids is 1. The number of carbonyl (C=O) groups is 1. The Morgan fingerprint density at radius 2 is 2.13 bits per heavy atom. The van der Waals surface area contributed by atoms with Gasteiger partial charge in [-0.2, -0.15) is 0 Å². The molecule has 122 valence electrons. The predicted octanol–water partition coefficient (Wildman–Crippen LogP) is 0.350. The Morgan fingerprint density at radius 3 is 2.91 bits per heavy atom. The van der Waals surface area contributed by atoms with Crippen molar-refractivity contribution < 1.29 is 14.3 Å². The highest BCUT2D eigenvalue weighted by molar-refractivity contribution is 5.82. The van der Waals surface area contributed by atoms with E-state index in [0.717, 1.165) is 0 Å². The van der Waals surface area contributed by atoms with Crippen LogP contribution in [0.3, 0.4) is 0 Å². The minimum atomic E-state index is -0.452. The number of fused-ring (bicyclic) bond motifs is 1. The van der Waals surface area contributed by atoms with Crippen LogP contribution >= 0.6 is 0 Å². The summed E-state index contributed by atoms with van der Waals surface area (Å²) < 4.78 is 13.2. The first-order valence-corrected chi connectivity index (χ1v) is 7.52. The Kier molecular flexibility index (Phi) is 4.40. The van der Waals surface area contributed by atoms with Gasteiger partial charge in [-0.25, -0.2) is 4.39 Å². The van der Waals surface area contributed by atoms with E-state index >= 15 is 0 Å². The predicted molar refractivity (Wildman–Crippen MR) is 83.4 cm³/mol. The molecule has 1 atom stereocenters. The summed E-state index contributed by atoms with van der Waals surface area (Å²) >= 11 is 0. The van der Waals surface area contributed by atoms with Crippen LogP contribution in [0.2, 0.25) is 0 Å². The zero-order valence-corrected chi connectivity index (χ0v) is 12.5. The van der Waals surface area contributed by atoms with Gasteiger partial charge in [0.05, 0.1) is 6.04 Å². The summed E-state index contributed by atoms with van der Waals surface area (Å²) in [6.07, 6.45) is 0.342. The molecule has 0 saturated carbocycles. The van der Waals surface area contributed by atoms with Gasteiger partial charge in [0.15, 0.2) is 5.43 Å². The normalized spacial score (nSPS) is 19.0. The highest BCUT2D eigenvalue weighted by Gasteiger charge is 2.29. The molecule has 1 amide bonds. The second kappa shape index (κ2) is 6.47. The first-order chi connectivity index (χ1) is 11.1. The molecule has 1 aromatic carbocycles. The molecule has 0 unspecified atom stereocenters. The molecule has 2 aromatic rings. The van der Waals surface area contributed by atoms with Crippen LogP contribution in [0.25, 0.3) is 10.9 Å². The molecular weight excluding hydrogens is 301 g/mol. The van der Waals surface area contributed by atoms with E-state index < -0.39 is 11.9 Å². The largest absolute Gasteiger partial charge is 0.396 e. The van der Waals surface area contributed by atoms with Crippen LogP contribution in [0, 0.1) is 5.82 Å². The molecule has 3 rings (SSSR count). The van der Waals surface area contributed by atoms with Gasteiger partial charge in [-0.3, -0.25) is 14.5 Å². The SMILES string of the molecule is O=C1NCCN(Cc2cc(=O)c3cc(F)ccc3[nH]2)[C@@H]1CCO. The standard InChI is InChI=1S/C16H18FN3O3/c17-10-1-2-13-12(7-10)15(22)8-11(19-13)9-20-5-4-18-16(23)14(20)3-6-21/h1-2,7-8,14,21H,3-6,9H2,(H,18,23)(H,19,22)/t14-/m1/s1. The molecular formula is C16H18FN3O3. The summed E-state index contributed by atoms with van der Waals surface area (Å²) in [4.78, 5) is 29.1. The third kappa shape index (κ3) is 3.25. The van der Waals surface area contributed by atoms with Crippen LogP contribution in [0.5, 0.6) is 0 Å². The van der Waals surface area contributed by atoms with Crippen LogP contribution in [0.4, 0.5) is 4.39 Å². The number of aromatic amines is 1. The third-order valence-electron chi connectivity index (χ3n) is 4.07. The number of halogens is 1. The highest BCUT2D eigenvalue weighted by Crippen LogP contribution is 2.15. The van der Waals surface area contributed by atoms with Crippen molar-refractivity contribution in [2.45, 2.75) is 19.0 Å². The van der Waals surface area contributed by atoms with Crippen molar-refractivity contribution in [1.82, 2.24) is 15.2 Å². The van der Waals surface area contributed by atoms with Gasteiger partial charge in [0, 0.05) is 48.9 Å². The lowest BCUT2D eigenvalue weighted by Crippen LogP contribution is -2.55. The van der Waals surface area contributed by atoms with Crippen molar-refractivity contribution in [2.24, 2.45) is 0 Å². The number of aliphatic hydroxyl groups excluding tert-OH is 1. The Morgan fingerprint density at radius 1 is 1.30 bits per heavy atom. The summed E-state index contributed by atoms with van der Waals surface area (Å²) in [6.45, 7) is 1.48. The molecule has 2 heterocycles. The minimum absolute atomic E-state index is 0.0812. The Hall–Kier alpha value is -2.25. The van der Waals surface area contributed by atoms with E-state index in [1.54, 1.807) is 0 Å². The molecule has 0 radical (unpaired) electrons. The van der Waals surface area contributed by atoms with Crippen LogP contribution in [-0.2, 0) is 11.3 Å². The van der Waals surface area contributed by atoms with Gasteiger partial charge in [-0.1, -0.05) is 0 Å². The Balaban J connectivity index is 1.89. The van der Waals surface area contributed by atoms with Crippen LogP contribution in [0.1, 0.15) is 12.1 Å². The number of amides is 1. The number of H-pyrrole nitrogens is 1. The van der Waals surface area contributed by atoms with E-state index in [9.17, 15) is 14.0 Å². The van der Waals surface area contributed by atoms with E-state index in [4.69, 9.17) is 5.11 Å². The first kappa shape index (κ1) is 15.6. The molecule has 1 saturated heterocycles. The number of pyridine rings is 1. The number of benzene rings is 1. The smallest absolute Gasteiger partial charge is 0.237 e. The minimum Gasteiger partial charge on any atom is -0.396 e. The third-order valence-corrected chi connectivity index (χ3v) is 4.07. The van der Waals surface area contributed by atoms with E-state index in [2.05, 4.69) is 10.3 Å². The summed E-state index contributed by atoms with van der Waals surface area (Å²) in [6, 6.07) is 5.06. The number of nitrogens with one attached hydrogen (secondary N) is 2. The molecule has 0 bridgehead atoms. The molecule has 23 heavy (non-hydrogen) atoms. The second-order valence-electron chi connectivity index (χ2n) is 5.64. The highest BCUT2D eigenvalue weighted by atomic mass is 19.1. The zero-order valence-electron chi connectivity index (χ0n) is 12.5. The van der Waals surface area contributed by atoms with Crippen LogP contribution in [0.15, 0.2) is 29.1 Å². The van der Waals surface area contributed by atoms with E-state index in [1.807, 2.05) is 4.90 Å². The monoisotopic (exact) mass is 319 g/mol. The van der Waals surface area contributed by atoms with Crippen molar-refractivity contribution in [3.05, 3.63) is 46.0 Å². The van der Waals surface area contributed by atoms with Gasteiger partial charge >= 0.3 is 0 Å². The van der Waals surface area contributed by atoms with Gasteiger partial charge in [-0.05, 0) is 24.6 Å². The molecule has 0 aliphatic carbocycles. The Labute approximate surface area is 131 Å². The molecule has 3 N–H and O–H groups in total. The summed E-state index contributed by atoms with van der Waals surface area (Å²) in [5.41, 5.74) is 0.967. The van der Waals surface area contributed by atoms with Gasteiger partial charge < -0.3 is 15.4 Å². The lowest BCUT2D eigenvalue weighted by Gasteiger charge is -2.34. The summed E-state index contributed by atoms with van der Waals surface area (Å²) in [5.74, 6) is -0.568. The van der Waals surface area contributed by atoms with E-state index in [0.29, 0.717) is 42.7 Å². The van der Waals surface area contributed by atoms with Crippen LogP contribution in [-0.4, -0.2) is 46.6 Å². The number of hydrogen-bond acceptors (Lipinski definition) is 4. The van der Waals surface area contributed by atoms with Gasteiger partial charge in [-0.15, -0.1) is 0 Å². The lowest BCUT2D eigenvalue weighted by atomic mass is 10.1. The van der Waals surface area contributed by atoms with Crippen molar-refractivity contribution in [3.8, 4) is 0 Å². The molecule has 1 aliphatic rings. The van der Waals surface area contributed by atoms with Crippen LogP contribution < -0.4 is 10.7 Å². The molecule has 0 spiro atoms. The van der Waals surface area contributed by atoms with Gasteiger partial charge in [0.25, 0.3) is 0 Å². The number of piperazine rings is 1. The molecule has 6 nitrogen and oxygen atoms in total. The molecule has 1 aromatic heterocycles. The molecule has 1 aliphatic heterocycles. The maximum absolute atomic E-state index is 13.2. The van der Waals surface area contributed by atoms with Crippen molar-refractivity contribution in [1.29, 1.82) is 0 Å². The summed E-state index contributed by atoms with van der Waals surface area (Å²) in [7, 11) is 0. The van der Waals surface area contributed by atoms with Crippen molar-refractivity contribution in [3.63, 3.8) is 0 Å². The number of nitrogens with zero attached hydrogens (tertiary/aromatic N) is 1. The maximum atomic E-state index is 13.2. The Bertz CT molecular complexity index is 790. The average molecular weight is 319 g/mol. The van der Waals surface area contributed by atoms with Gasteiger partial charge in [0.2, 0.25) is 5.91 Å². The topological polar surface area (TPSA) is 85.4 Å². The fourth-order valence-electron chi connectivity index (χ4n) is 2.97. The summed E-state index contributed by atoms with van der Waals surface area (Å²) in [5, 5.41) is 12.2. The quantitative estimate of drug-likeness (QED) is 0.759. The fourth-order valence-corrected chi connectivity index (χ4v) is 2.97. The number of aliphatic hydroxyl groups is 1. The lowest BCUT2D eigenvalue weighted by molar-refractivity contribution is -0.130. The molecule has 7 heteroatoms. The van der Waals surface area contributed by atoms with E-state index in [-0.39, 0.29) is 17.9 Å². The molecule has 1 fully saturated rings. The average Bonchev–Trinajstić information content (AvgIpc) is 2.52. The number of hydrogen-bond donors (Lipinski definition) is 3. The fraction of sp³-hybridized carbons (Fsp3) is 0.375. The second-order valence-corrected chi connectivity index (χ2v) is 5.64. The van der Waals surface area contributed by atoms with Crippen molar-refractivity contribution in [2.75, 3.05) is 19.7 Å². The van der Waals surface area contributed by atoms with Crippen molar-refractivity contribution >= 4 is 16.8 Å². The maximum Gasteiger partial charge on any atom is 0.237 e. The number of rotatable bonds is 4. The zero-order chi connectivity index (χ0) is 16.4.